The molecular formula is C25H24N4O5. The Hall–Kier alpha value is -4.40. The van der Waals surface area contributed by atoms with Gasteiger partial charge in [-0.05, 0) is 47.5 Å². The number of hydrogen-bond donors (Lipinski definition) is 2. The first-order valence-corrected chi connectivity index (χ1v) is 10.8. The summed E-state index contributed by atoms with van der Waals surface area (Å²) in [5.74, 6) is -0.183. The van der Waals surface area contributed by atoms with Crippen LogP contribution in [0.15, 0.2) is 72.0 Å². The van der Waals surface area contributed by atoms with E-state index in [0.29, 0.717) is 25.2 Å². The molecule has 0 saturated carbocycles. The molecule has 2 aliphatic heterocycles. The van der Waals surface area contributed by atoms with Crippen LogP contribution in [0.3, 0.4) is 0 Å². The lowest BCUT2D eigenvalue weighted by Crippen LogP contribution is -2.33. The van der Waals surface area contributed by atoms with Crippen LogP contribution in [0.5, 0.6) is 0 Å². The number of carbonyl (C=O) groups is 3. The number of cyclic esters (lactones) is 1. The molecule has 34 heavy (non-hydrogen) atoms. The number of anilines is 2. The minimum atomic E-state index is -0.461. The van der Waals surface area contributed by atoms with Crippen LogP contribution < -0.4 is 15.1 Å². The van der Waals surface area contributed by atoms with Crippen LogP contribution >= 0.6 is 0 Å². The van der Waals surface area contributed by atoms with Gasteiger partial charge in [-0.1, -0.05) is 29.4 Å². The van der Waals surface area contributed by atoms with Gasteiger partial charge in [0.25, 0.3) is 0 Å². The van der Waals surface area contributed by atoms with Gasteiger partial charge in [0.05, 0.1) is 19.3 Å². The van der Waals surface area contributed by atoms with Crippen LogP contribution in [-0.4, -0.2) is 54.9 Å². The van der Waals surface area contributed by atoms with Crippen molar-refractivity contribution in [1.82, 2.24) is 5.32 Å². The summed E-state index contributed by atoms with van der Waals surface area (Å²) in [7, 11) is 0. The fourth-order valence-corrected chi connectivity index (χ4v) is 3.64. The molecule has 9 heteroatoms. The lowest BCUT2D eigenvalue weighted by molar-refractivity contribution is -0.117. The quantitative estimate of drug-likeness (QED) is 0.284. The first kappa shape index (κ1) is 22.8. The Bertz CT molecular complexity index is 1140. The summed E-state index contributed by atoms with van der Waals surface area (Å²) >= 11 is 0. The van der Waals surface area contributed by atoms with Crippen molar-refractivity contribution in [2.75, 3.05) is 29.4 Å². The molecule has 0 radical (unpaired) electrons. The van der Waals surface area contributed by atoms with Crippen LogP contribution in [0.25, 0.3) is 6.08 Å². The number of nitrogens with one attached hydrogen (secondary N) is 1. The van der Waals surface area contributed by atoms with Gasteiger partial charge in [-0.3, -0.25) is 14.5 Å². The Kier molecular flexibility index (Phi) is 7.02. The van der Waals surface area contributed by atoms with Gasteiger partial charge < -0.3 is 20.2 Å². The predicted molar refractivity (Wildman–Crippen MR) is 128 cm³/mol. The van der Waals surface area contributed by atoms with E-state index in [1.165, 1.54) is 17.2 Å². The molecule has 0 unspecified atom stereocenters. The second-order valence-electron chi connectivity index (χ2n) is 7.85. The van der Waals surface area contributed by atoms with E-state index in [4.69, 9.17) is 9.94 Å². The molecule has 1 saturated heterocycles. The molecule has 2 N–H and O–H groups in total. The maximum absolute atomic E-state index is 12.3. The number of carbonyl (C=O) groups excluding carboxylic acids is 3. The topological polar surface area (TPSA) is 112 Å². The van der Waals surface area contributed by atoms with E-state index >= 15 is 0 Å². The van der Waals surface area contributed by atoms with Gasteiger partial charge in [0.2, 0.25) is 5.91 Å². The largest absolute Gasteiger partial charge is 0.442 e. The van der Waals surface area contributed by atoms with Gasteiger partial charge in [-0.15, -0.1) is 0 Å². The van der Waals surface area contributed by atoms with Crippen molar-refractivity contribution >= 4 is 41.4 Å². The van der Waals surface area contributed by atoms with Gasteiger partial charge in [0.1, 0.15) is 6.10 Å². The number of nitrogens with zero attached hydrogens (tertiary/aromatic N) is 3. The molecular weight excluding hydrogens is 436 g/mol. The van der Waals surface area contributed by atoms with Crippen LogP contribution in [0.4, 0.5) is 16.2 Å². The van der Waals surface area contributed by atoms with E-state index < -0.39 is 12.2 Å². The van der Waals surface area contributed by atoms with Gasteiger partial charge >= 0.3 is 6.09 Å². The molecule has 9 nitrogen and oxygen atoms in total. The Morgan fingerprint density at radius 1 is 1.09 bits per heavy atom. The zero-order valence-electron chi connectivity index (χ0n) is 18.3. The standard InChI is InChI=1S/C25H24N4O5/c30-22-11-13-28(14-12-22)20-6-8-21(9-7-20)29-17-23(34-25(29)32)16-26-24(31)10-5-18-1-3-19(4-2-18)15-27-33/h1-11,13,15,23,33H,12,14,16-17H2,(H,26,31)/b10-5+,27-15?/t23-/m0/s1. The molecule has 0 spiro atoms. The van der Waals surface area contributed by atoms with E-state index in [9.17, 15) is 14.4 Å². The van der Waals surface area contributed by atoms with Crippen LogP contribution in [-0.2, 0) is 14.3 Å². The molecule has 2 heterocycles. The molecule has 1 atom stereocenters. The normalized spacial score (nSPS) is 18.2. The smallest absolute Gasteiger partial charge is 0.414 e. The molecule has 2 aliphatic rings. The predicted octanol–water partition coefficient (Wildman–Crippen LogP) is 2.94. The SMILES string of the molecule is O=C1C=CN(c2ccc(N3C[C@H](CNC(=O)/C=C/c4ccc(C=NO)cc4)OC3=O)cc2)CC1. The summed E-state index contributed by atoms with van der Waals surface area (Å²) in [4.78, 5) is 39.3. The molecule has 0 bridgehead atoms. The van der Waals surface area contributed by atoms with E-state index in [1.54, 1.807) is 42.6 Å². The van der Waals surface area contributed by atoms with Crippen molar-refractivity contribution in [3.8, 4) is 0 Å². The second-order valence-corrected chi connectivity index (χ2v) is 7.85. The van der Waals surface area contributed by atoms with Gasteiger partial charge in [0, 0.05) is 36.6 Å². The number of amides is 2. The number of ketones is 1. The minimum Gasteiger partial charge on any atom is -0.442 e. The van der Waals surface area contributed by atoms with E-state index in [-0.39, 0.29) is 18.2 Å². The van der Waals surface area contributed by atoms with Crippen molar-refractivity contribution < 1.29 is 24.3 Å². The Morgan fingerprint density at radius 2 is 1.79 bits per heavy atom. The Morgan fingerprint density at radius 3 is 2.47 bits per heavy atom. The zero-order chi connectivity index (χ0) is 23.9. The number of oxime groups is 1. The van der Waals surface area contributed by atoms with E-state index in [0.717, 1.165) is 16.8 Å². The summed E-state index contributed by atoms with van der Waals surface area (Å²) in [6, 6.07) is 14.6. The number of rotatable bonds is 7. The van der Waals surface area contributed by atoms with Gasteiger partial charge in [-0.2, -0.15) is 0 Å². The van der Waals surface area contributed by atoms with Crippen LogP contribution in [0, 0.1) is 0 Å². The molecule has 4 rings (SSSR count). The zero-order valence-corrected chi connectivity index (χ0v) is 18.3. The van der Waals surface area contributed by atoms with Crippen LogP contribution in [0.2, 0.25) is 0 Å². The lowest BCUT2D eigenvalue weighted by atomic mass is 10.1. The minimum absolute atomic E-state index is 0.115. The number of ether oxygens (including phenoxy) is 1. The average molecular weight is 460 g/mol. The van der Waals surface area contributed by atoms with Crippen molar-refractivity contribution in [3.05, 3.63) is 78.0 Å². The highest BCUT2D eigenvalue weighted by Crippen LogP contribution is 2.26. The number of benzene rings is 2. The highest BCUT2D eigenvalue weighted by molar-refractivity contribution is 5.93. The van der Waals surface area contributed by atoms with Crippen LogP contribution in [0.1, 0.15) is 17.5 Å². The third kappa shape index (κ3) is 5.69. The first-order valence-electron chi connectivity index (χ1n) is 10.8. The van der Waals surface area contributed by atoms with Crippen molar-refractivity contribution in [2.24, 2.45) is 5.16 Å². The maximum Gasteiger partial charge on any atom is 0.414 e. The third-order valence-electron chi connectivity index (χ3n) is 5.48. The lowest BCUT2D eigenvalue weighted by Gasteiger charge is -2.23. The molecule has 1 fully saturated rings. The molecule has 0 aliphatic carbocycles. The monoisotopic (exact) mass is 460 g/mol. The molecule has 0 aromatic heterocycles. The second kappa shape index (κ2) is 10.5. The third-order valence-corrected chi connectivity index (χ3v) is 5.48. The van der Waals surface area contributed by atoms with Crippen molar-refractivity contribution in [3.63, 3.8) is 0 Å². The van der Waals surface area contributed by atoms with E-state index in [2.05, 4.69) is 10.5 Å². The summed E-state index contributed by atoms with van der Waals surface area (Å²) in [6.07, 6.45) is 7.27. The molecule has 2 aromatic rings. The molecule has 174 valence electrons. The summed E-state index contributed by atoms with van der Waals surface area (Å²) in [5, 5.41) is 14.2. The fraction of sp³-hybridized carbons (Fsp3) is 0.200. The number of allylic oxidation sites excluding steroid dienone is 1. The molecule has 2 amide bonds. The maximum atomic E-state index is 12.3. The summed E-state index contributed by atoms with van der Waals surface area (Å²) in [5.41, 5.74) is 3.20. The molecule has 2 aromatic carbocycles. The Balaban J connectivity index is 1.27. The first-order chi connectivity index (χ1) is 16.5. The average Bonchev–Trinajstić information content (AvgIpc) is 3.23. The highest BCUT2D eigenvalue weighted by atomic mass is 16.6. The summed E-state index contributed by atoms with van der Waals surface area (Å²) < 4.78 is 5.39. The highest BCUT2D eigenvalue weighted by Gasteiger charge is 2.32. The van der Waals surface area contributed by atoms with Gasteiger partial charge in [0.15, 0.2) is 5.78 Å². The van der Waals surface area contributed by atoms with Crippen molar-refractivity contribution in [1.29, 1.82) is 0 Å². The fourth-order valence-electron chi connectivity index (χ4n) is 3.64. The number of hydrogen-bond acceptors (Lipinski definition) is 7. The van der Waals surface area contributed by atoms with Gasteiger partial charge in [-0.25, -0.2) is 4.79 Å². The summed E-state index contributed by atoms with van der Waals surface area (Å²) in [6.45, 7) is 1.15. The van der Waals surface area contributed by atoms with Crippen molar-refractivity contribution in [2.45, 2.75) is 12.5 Å². The Labute approximate surface area is 196 Å². The van der Waals surface area contributed by atoms with E-state index in [1.807, 2.05) is 29.2 Å².